The van der Waals surface area contributed by atoms with Crippen molar-refractivity contribution < 1.29 is 13.9 Å². The Balaban J connectivity index is 1.54. The van der Waals surface area contributed by atoms with Gasteiger partial charge in [0.1, 0.15) is 11.6 Å². The molecule has 1 saturated heterocycles. The summed E-state index contributed by atoms with van der Waals surface area (Å²) in [5.74, 6) is 0.504. The number of methoxy groups -OCH3 is 1. The highest BCUT2D eigenvalue weighted by atomic mass is 19.1. The van der Waals surface area contributed by atoms with Crippen molar-refractivity contribution in [1.82, 2.24) is 4.90 Å². The van der Waals surface area contributed by atoms with Gasteiger partial charge in [-0.3, -0.25) is 0 Å². The normalized spacial score (nSPS) is 14.4. The van der Waals surface area contributed by atoms with Crippen molar-refractivity contribution in [3.63, 3.8) is 0 Å². The number of nitrogens with zero attached hydrogens (tertiary/aromatic N) is 2. The number of amides is 2. The van der Waals surface area contributed by atoms with Crippen LogP contribution < -0.4 is 15.0 Å². The lowest BCUT2D eigenvalue weighted by Crippen LogP contribution is -2.50. The molecule has 0 atom stereocenters. The Kier molecular flexibility index (Phi) is 4.84. The van der Waals surface area contributed by atoms with Crippen molar-refractivity contribution in [1.29, 1.82) is 0 Å². The molecule has 0 radical (unpaired) electrons. The molecule has 1 fully saturated rings. The maximum atomic E-state index is 13.3. The summed E-state index contributed by atoms with van der Waals surface area (Å²) in [6, 6.07) is 13.6. The Hall–Kier alpha value is -2.76. The zero-order valence-electron chi connectivity index (χ0n) is 13.5. The van der Waals surface area contributed by atoms with Crippen molar-refractivity contribution in [3.05, 3.63) is 54.3 Å². The van der Waals surface area contributed by atoms with E-state index in [0.29, 0.717) is 26.2 Å². The summed E-state index contributed by atoms with van der Waals surface area (Å²) < 4.78 is 18.4. The molecule has 0 saturated carbocycles. The molecular formula is C18H20FN3O2. The lowest BCUT2D eigenvalue weighted by atomic mass is 10.2. The average Bonchev–Trinajstić information content (AvgIpc) is 2.62. The highest BCUT2D eigenvalue weighted by Gasteiger charge is 2.21. The number of anilines is 2. The summed E-state index contributed by atoms with van der Waals surface area (Å²) in [5.41, 5.74) is 1.58. The Morgan fingerprint density at radius 1 is 1.08 bits per heavy atom. The topological polar surface area (TPSA) is 44.8 Å². The van der Waals surface area contributed by atoms with Crippen molar-refractivity contribution in [2.75, 3.05) is 43.5 Å². The molecular weight excluding hydrogens is 309 g/mol. The van der Waals surface area contributed by atoms with Crippen LogP contribution in [0.2, 0.25) is 0 Å². The molecule has 1 N–H and O–H groups in total. The van der Waals surface area contributed by atoms with Crippen LogP contribution in [0.5, 0.6) is 5.75 Å². The molecule has 1 aliphatic rings. The molecule has 1 aliphatic heterocycles. The number of nitrogens with one attached hydrogen (secondary N) is 1. The predicted molar refractivity (Wildman–Crippen MR) is 92.2 cm³/mol. The quantitative estimate of drug-likeness (QED) is 0.940. The fourth-order valence-electron chi connectivity index (χ4n) is 2.72. The number of urea groups is 1. The third kappa shape index (κ3) is 3.76. The number of carbonyl (C=O) groups excluding carboxylic acids is 1. The van der Waals surface area contributed by atoms with Gasteiger partial charge in [-0.15, -0.1) is 0 Å². The fourth-order valence-corrected chi connectivity index (χ4v) is 2.72. The summed E-state index contributed by atoms with van der Waals surface area (Å²) in [5, 5.41) is 2.88. The first kappa shape index (κ1) is 16.1. The number of piperazine rings is 1. The zero-order chi connectivity index (χ0) is 16.9. The van der Waals surface area contributed by atoms with Crippen molar-refractivity contribution in [3.8, 4) is 5.75 Å². The number of hydrogen-bond donors (Lipinski definition) is 1. The Bertz CT molecular complexity index is 698. The SMILES string of the molecule is COc1ccc(NC(=O)N2CCN(c3cccc(F)c3)CC2)cc1. The van der Waals surface area contributed by atoms with Gasteiger partial charge in [0.2, 0.25) is 0 Å². The van der Waals surface area contributed by atoms with Crippen molar-refractivity contribution in [2.24, 2.45) is 0 Å². The molecule has 126 valence electrons. The minimum atomic E-state index is -0.243. The highest BCUT2D eigenvalue weighted by molar-refractivity contribution is 5.89. The van der Waals surface area contributed by atoms with Gasteiger partial charge in [0.25, 0.3) is 0 Å². The van der Waals surface area contributed by atoms with E-state index in [9.17, 15) is 9.18 Å². The summed E-state index contributed by atoms with van der Waals surface area (Å²) in [6.07, 6.45) is 0. The van der Waals surface area contributed by atoms with Crippen LogP contribution in [0.25, 0.3) is 0 Å². The maximum Gasteiger partial charge on any atom is 0.321 e. The number of rotatable bonds is 3. The molecule has 2 aromatic carbocycles. The first-order chi connectivity index (χ1) is 11.7. The summed E-state index contributed by atoms with van der Waals surface area (Å²) in [6.45, 7) is 2.55. The average molecular weight is 329 g/mol. The lowest BCUT2D eigenvalue weighted by molar-refractivity contribution is 0.208. The molecule has 0 spiro atoms. The molecule has 0 unspecified atom stereocenters. The number of benzene rings is 2. The summed E-state index contributed by atoms with van der Waals surface area (Å²) in [7, 11) is 1.60. The molecule has 2 amide bonds. The van der Waals surface area contributed by atoms with E-state index in [1.165, 1.54) is 12.1 Å². The van der Waals surface area contributed by atoms with Crippen LogP contribution in [-0.2, 0) is 0 Å². The first-order valence-electron chi connectivity index (χ1n) is 7.86. The van der Waals surface area contributed by atoms with Gasteiger partial charge in [-0.25, -0.2) is 9.18 Å². The Morgan fingerprint density at radius 2 is 1.79 bits per heavy atom. The molecule has 2 aromatic rings. The van der Waals surface area contributed by atoms with Gasteiger partial charge in [0.05, 0.1) is 7.11 Å². The second-order valence-corrected chi connectivity index (χ2v) is 5.61. The van der Waals surface area contributed by atoms with Gasteiger partial charge >= 0.3 is 6.03 Å². The Morgan fingerprint density at radius 3 is 2.42 bits per heavy atom. The summed E-state index contributed by atoms with van der Waals surface area (Å²) >= 11 is 0. The van der Waals surface area contributed by atoms with E-state index >= 15 is 0 Å². The third-order valence-corrected chi connectivity index (χ3v) is 4.08. The zero-order valence-corrected chi connectivity index (χ0v) is 13.5. The van der Waals surface area contributed by atoms with E-state index in [2.05, 4.69) is 10.2 Å². The third-order valence-electron chi connectivity index (χ3n) is 4.08. The van der Waals surface area contributed by atoms with Crippen LogP contribution >= 0.6 is 0 Å². The maximum absolute atomic E-state index is 13.3. The molecule has 0 aromatic heterocycles. The van der Waals surface area contributed by atoms with Gasteiger partial charge in [0, 0.05) is 37.6 Å². The van der Waals surface area contributed by atoms with Gasteiger partial charge < -0.3 is 19.9 Å². The molecule has 24 heavy (non-hydrogen) atoms. The van der Waals surface area contributed by atoms with Crippen LogP contribution in [0.3, 0.4) is 0 Å². The standard InChI is InChI=1S/C18H20FN3O2/c1-24-17-7-5-15(6-8-17)20-18(23)22-11-9-21(10-12-22)16-4-2-3-14(19)13-16/h2-8,13H,9-12H2,1H3,(H,20,23). The van der Waals surface area contributed by atoms with Crippen molar-refractivity contribution >= 4 is 17.4 Å². The molecule has 0 aliphatic carbocycles. The fraction of sp³-hybridized carbons (Fsp3) is 0.278. The minimum Gasteiger partial charge on any atom is -0.497 e. The van der Waals surface area contributed by atoms with E-state index in [1.807, 2.05) is 6.07 Å². The number of ether oxygens (including phenoxy) is 1. The van der Waals surface area contributed by atoms with Crippen LogP contribution in [0.1, 0.15) is 0 Å². The van der Waals surface area contributed by atoms with E-state index in [0.717, 1.165) is 17.1 Å². The molecule has 0 bridgehead atoms. The van der Waals surface area contributed by atoms with Crippen LogP contribution in [0, 0.1) is 5.82 Å². The molecule has 1 heterocycles. The van der Waals surface area contributed by atoms with Gasteiger partial charge in [-0.1, -0.05) is 6.07 Å². The molecule has 5 nitrogen and oxygen atoms in total. The number of hydrogen-bond acceptors (Lipinski definition) is 3. The van der Waals surface area contributed by atoms with Crippen LogP contribution in [0.15, 0.2) is 48.5 Å². The summed E-state index contributed by atoms with van der Waals surface area (Å²) in [4.78, 5) is 16.2. The van der Waals surface area contributed by atoms with Crippen LogP contribution in [-0.4, -0.2) is 44.2 Å². The van der Waals surface area contributed by atoms with E-state index < -0.39 is 0 Å². The first-order valence-corrected chi connectivity index (χ1v) is 7.86. The number of carbonyl (C=O) groups is 1. The monoisotopic (exact) mass is 329 g/mol. The smallest absolute Gasteiger partial charge is 0.321 e. The Labute approximate surface area is 140 Å². The molecule has 6 heteroatoms. The van der Waals surface area contributed by atoms with E-state index in [-0.39, 0.29) is 11.8 Å². The largest absolute Gasteiger partial charge is 0.497 e. The minimum absolute atomic E-state index is 0.126. The number of halogens is 1. The lowest BCUT2D eigenvalue weighted by Gasteiger charge is -2.36. The van der Waals surface area contributed by atoms with Gasteiger partial charge in [-0.2, -0.15) is 0 Å². The molecule has 3 rings (SSSR count). The van der Waals surface area contributed by atoms with Crippen molar-refractivity contribution in [2.45, 2.75) is 0 Å². The second-order valence-electron chi connectivity index (χ2n) is 5.61. The van der Waals surface area contributed by atoms with Crippen LogP contribution in [0.4, 0.5) is 20.6 Å². The highest BCUT2D eigenvalue weighted by Crippen LogP contribution is 2.19. The second kappa shape index (κ2) is 7.21. The van der Waals surface area contributed by atoms with Gasteiger partial charge in [-0.05, 0) is 42.5 Å². The van der Waals surface area contributed by atoms with E-state index in [4.69, 9.17) is 4.74 Å². The van der Waals surface area contributed by atoms with Gasteiger partial charge in [0.15, 0.2) is 0 Å². The predicted octanol–water partition coefficient (Wildman–Crippen LogP) is 3.19. The van der Waals surface area contributed by atoms with E-state index in [1.54, 1.807) is 42.3 Å².